The number of rotatable bonds is 6. The predicted octanol–water partition coefficient (Wildman–Crippen LogP) is 3.54. The molecule has 2 aromatic rings. The van der Waals surface area contributed by atoms with E-state index in [1.165, 1.54) is 0 Å². The van der Waals surface area contributed by atoms with Gasteiger partial charge >= 0.3 is 0 Å². The highest BCUT2D eigenvalue weighted by Crippen LogP contribution is 2.23. The van der Waals surface area contributed by atoms with E-state index in [4.69, 9.17) is 16.0 Å². The van der Waals surface area contributed by atoms with Crippen molar-refractivity contribution in [2.24, 2.45) is 0 Å². The van der Waals surface area contributed by atoms with Gasteiger partial charge in [0.05, 0.1) is 6.20 Å². The molecular weight excluding hydrogens is 248 g/mol. The minimum Gasteiger partial charge on any atom is -0.441 e. The lowest BCUT2D eigenvalue weighted by atomic mass is 10.2. The second-order valence-electron chi connectivity index (χ2n) is 4.13. The highest BCUT2D eigenvalue weighted by molar-refractivity contribution is 6.30. The molecule has 1 aromatic carbocycles. The Hall–Kier alpha value is -1.32. The van der Waals surface area contributed by atoms with Gasteiger partial charge in [-0.25, -0.2) is 4.98 Å². The van der Waals surface area contributed by atoms with Crippen molar-refractivity contribution in [2.45, 2.75) is 19.8 Å². The van der Waals surface area contributed by atoms with Crippen LogP contribution in [0, 0.1) is 0 Å². The number of halogens is 1. The van der Waals surface area contributed by atoms with Gasteiger partial charge in [0, 0.05) is 23.6 Å². The fourth-order valence-corrected chi connectivity index (χ4v) is 1.89. The van der Waals surface area contributed by atoms with E-state index in [-0.39, 0.29) is 0 Å². The Morgan fingerprint density at radius 3 is 3.00 bits per heavy atom. The van der Waals surface area contributed by atoms with Crippen molar-refractivity contribution in [1.29, 1.82) is 0 Å². The predicted molar refractivity (Wildman–Crippen MR) is 73.8 cm³/mol. The molecule has 0 aliphatic heterocycles. The zero-order valence-electron chi connectivity index (χ0n) is 10.4. The third-order valence-corrected chi connectivity index (χ3v) is 2.84. The molecule has 1 heterocycles. The Balaban J connectivity index is 1.97. The first-order valence-corrected chi connectivity index (χ1v) is 6.58. The number of nitrogens with zero attached hydrogens (tertiary/aromatic N) is 1. The summed E-state index contributed by atoms with van der Waals surface area (Å²) in [6.45, 7) is 4.07. The second kappa shape index (κ2) is 6.57. The molecule has 0 spiro atoms. The van der Waals surface area contributed by atoms with Crippen LogP contribution >= 0.6 is 11.6 Å². The maximum absolute atomic E-state index is 5.95. The number of oxazole rings is 1. The van der Waals surface area contributed by atoms with Crippen LogP contribution in [0.1, 0.15) is 19.2 Å². The van der Waals surface area contributed by atoms with Crippen LogP contribution in [-0.4, -0.2) is 18.1 Å². The molecule has 96 valence electrons. The third kappa shape index (κ3) is 3.59. The van der Waals surface area contributed by atoms with E-state index in [0.717, 1.165) is 43.1 Å². The number of benzene rings is 1. The third-order valence-electron chi connectivity index (χ3n) is 2.61. The van der Waals surface area contributed by atoms with Crippen LogP contribution in [0.2, 0.25) is 5.02 Å². The molecule has 0 aliphatic carbocycles. The van der Waals surface area contributed by atoms with Gasteiger partial charge in [-0.1, -0.05) is 30.7 Å². The minimum atomic E-state index is 0.704. The van der Waals surface area contributed by atoms with Gasteiger partial charge in [-0.05, 0) is 25.1 Å². The molecule has 4 heteroatoms. The number of hydrogen-bond acceptors (Lipinski definition) is 3. The van der Waals surface area contributed by atoms with Crippen LogP contribution in [0.5, 0.6) is 0 Å². The van der Waals surface area contributed by atoms with E-state index in [0.29, 0.717) is 5.02 Å². The van der Waals surface area contributed by atoms with Crippen LogP contribution in [0.3, 0.4) is 0 Å². The molecule has 0 bridgehead atoms. The largest absolute Gasteiger partial charge is 0.441 e. The second-order valence-corrected chi connectivity index (χ2v) is 4.57. The molecule has 18 heavy (non-hydrogen) atoms. The molecule has 0 amide bonds. The smallest absolute Gasteiger partial charge is 0.196 e. The summed E-state index contributed by atoms with van der Waals surface area (Å²) in [4.78, 5) is 4.27. The summed E-state index contributed by atoms with van der Waals surface area (Å²) in [5.74, 6) is 1.52. The van der Waals surface area contributed by atoms with Gasteiger partial charge in [0.25, 0.3) is 0 Å². The van der Waals surface area contributed by atoms with Crippen LogP contribution in [0.25, 0.3) is 11.3 Å². The molecular formula is C14H17ClN2O. The molecule has 0 saturated carbocycles. The molecule has 0 atom stereocenters. The van der Waals surface area contributed by atoms with E-state index in [1.807, 2.05) is 24.3 Å². The zero-order chi connectivity index (χ0) is 12.8. The van der Waals surface area contributed by atoms with Crippen molar-refractivity contribution in [3.63, 3.8) is 0 Å². The summed E-state index contributed by atoms with van der Waals surface area (Å²) >= 11 is 5.95. The summed E-state index contributed by atoms with van der Waals surface area (Å²) in [7, 11) is 0. The first-order valence-electron chi connectivity index (χ1n) is 6.21. The molecule has 0 fully saturated rings. The lowest BCUT2D eigenvalue weighted by Crippen LogP contribution is -2.17. The molecule has 0 saturated heterocycles. The van der Waals surface area contributed by atoms with Gasteiger partial charge in [0.15, 0.2) is 11.7 Å². The van der Waals surface area contributed by atoms with Crippen molar-refractivity contribution in [2.75, 3.05) is 13.1 Å². The van der Waals surface area contributed by atoms with Crippen molar-refractivity contribution < 1.29 is 4.42 Å². The quantitative estimate of drug-likeness (QED) is 0.811. The Morgan fingerprint density at radius 2 is 2.22 bits per heavy atom. The fraction of sp³-hybridized carbons (Fsp3) is 0.357. The van der Waals surface area contributed by atoms with E-state index >= 15 is 0 Å². The summed E-state index contributed by atoms with van der Waals surface area (Å²) in [6.07, 6.45) is 3.70. The lowest BCUT2D eigenvalue weighted by molar-refractivity contribution is 0.495. The van der Waals surface area contributed by atoms with E-state index in [1.54, 1.807) is 6.20 Å². The number of nitrogens with one attached hydrogen (secondary N) is 1. The normalized spacial score (nSPS) is 10.8. The van der Waals surface area contributed by atoms with E-state index < -0.39 is 0 Å². The van der Waals surface area contributed by atoms with Gasteiger partial charge in [0.1, 0.15) is 0 Å². The van der Waals surface area contributed by atoms with Gasteiger partial charge in [0.2, 0.25) is 0 Å². The molecule has 0 radical (unpaired) electrons. The van der Waals surface area contributed by atoms with Crippen LogP contribution in [0.15, 0.2) is 34.9 Å². The molecule has 1 N–H and O–H groups in total. The summed E-state index contributed by atoms with van der Waals surface area (Å²) in [5.41, 5.74) is 0.961. The lowest BCUT2D eigenvalue weighted by Gasteiger charge is -1.99. The topological polar surface area (TPSA) is 38.1 Å². The zero-order valence-corrected chi connectivity index (χ0v) is 11.2. The van der Waals surface area contributed by atoms with Gasteiger partial charge in [-0.3, -0.25) is 0 Å². The fourth-order valence-electron chi connectivity index (χ4n) is 1.70. The minimum absolute atomic E-state index is 0.704. The maximum atomic E-state index is 5.95. The molecule has 0 unspecified atom stereocenters. The Bertz CT molecular complexity index is 496. The Morgan fingerprint density at radius 1 is 1.33 bits per heavy atom. The van der Waals surface area contributed by atoms with Crippen molar-refractivity contribution in [3.05, 3.63) is 41.4 Å². The summed E-state index contributed by atoms with van der Waals surface area (Å²) < 4.78 is 5.70. The van der Waals surface area contributed by atoms with Crippen LogP contribution in [0.4, 0.5) is 0 Å². The van der Waals surface area contributed by atoms with Crippen LogP contribution in [-0.2, 0) is 6.42 Å². The van der Waals surface area contributed by atoms with Gasteiger partial charge in [-0.15, -0.1) is 0 Å². The summed E-state index contributed by atoms with van der Waals surface area (Å²) in [6, 6.07) is 7.59. The molecule has 0 aliphatic rings. The number of aromatic nitrogens is 1. The standard InChI is InChI=1S/C14H17ClN2O/c1-2-7-16-8-6-14-17-10-13(18-14)11-4-3-5-12(15)9-11/h3-5,9-10,16H,2,6-8H2,1H3. The highest BCUT2D eigenvalue weighted by Gasteiger charge is 2.06. The molecule has 2 rings (SSSR count). The first kappa shape index (κ1) is 13.1. The van der Waals surface area contributed by atoms with E-state index in [2.05, 4.69) is 17.2 Å². The van der Waals surface area contributed by atoms with Crippen molar-refractivity contribution in [3.8, 4) is 11.3 Å². The SMILES string of the molecule is CCCNCCc1ncc(-c2cccc(Cl)c2)o1. The van der Waals surface area contributed by atoms with Crippen LogP contribution < -0.4 is 5.32 Å². The Labute approximate surface area is 112 Å². The average Bonchev–Trinajstić information content (AvgIpc) is 2.83. The monoisotopic (exact) mass is 264 g/mol. The summed E-state index contributed by atoms with van der Waals surface area (Å²) in [5, 5.41) is 4.02. The average molecular weight is 265 g/mol. The van der Waals surface area contributed by atoms with E-state index in [9.17, 15) is 0 Å². The van der Waals surface area contributed by atoms with Gasteiger partial charge < -0.3 is 9.73 Å². The maximum Gasteiger partial charge on any atom is 0.196 e. The highest BCUT2D eigenvalue weighted by atomic mass is 35.5. The molecule has 1 aromatic heterocycles. The Kier molecular flexibility index (Phi) is 4.79. The number of hydrogen-bond donors (Lipinski definition) is 1. The van der Waals surface area contributed by atoms with Gasteiger partial charge in [-0.2, -0.15) is 0 Å². The first-order chi connectivity index (χ1) is 8.79. The van der Waals surface area contributed by atoms with Crippen molar-refractivity contribution >= 4 is 11.6 Å². The molecule has 3 nitrogen and oxygen atoms in total. The van der Waals surface area contributed by atoms with Crippen molar-refractivity contribution in [1.82, 2.24) is 10.3 Å².